The lowest BCUT2D eigenvalue weighted by molar-refractivity contribution is 0.184. The van der Waals surface area contributed by atoms with Crippen molar-refractivity contribution in [3.63, 3.8) is 0 Å². The number of hydrogen-bond acceptors (Lipinski definition) is 4. The third-order valence-corrected chi connectivity index (χ3v) is 6.21. The first-order valence-corrected chi connectivity index (χ1v) is 11.3. The van der Waals surface area contributed by atoms with E-state index in [1.807, 2.05) is 55.4 Å². The van der Waals surface area contributed by atoms with Crippen molar-refractivity contribution in [3.05, 3.63) is 84.3 Å². The third-order valence-electron chi connectivity index (χ3n) is 6.21. The van der Waals surface area contributed by atoms with E-state index in [2.05, 4.69) is 46.6 Å². The molecule has 6 heteroatoms. The molecule has 4 aromatic rings. The molecule has 0 aliphatic carbocycles. The van der Waals surface area contributed by atoms with Gasteiger partial charge < -0.3 is 19.5 Å². The van der Waals surface area contributed by atoms with Crippen LogP contribution in [0, 0.1) is 0 Å². The Morgan fingerprint density at radius 1 is 1.06 bits per heavy atom. The highest BCUT2D eigenvalue weighted by atomic mass is 16.4. The lowest BCUT2D eigenvalue weighted by Gasteiger charge is -2.22. The molecule has 2 amide bonds. The molecule has 0 unspecified atom stereocenters. The number of hydrogen-bond donors (Lipinski definition) is 1. The van der Waals surface area contributed by atoms with Gasteiger partial charge in [-0.3, -0.25) is 0 Å². The summed E-state index contributed by atoms with van der Waals surface area (Å²) in [6.45, 7) is 1.21. The van der Waals surface area contributed by atoms with E-state index in [-0.39, 0.29) is 12.1 Å². The molecule has 3 aromatic carbocycles. The third kappa shape index (κ3) is 4.42. The molecule has 0 bridgehead atoms. The van der Waals surface area contributed by atoms with Crippen molar-refractivity contribution in [1.29, 1.82) is 0 Å². The van der Waals surface area contributed by atoms with Gasteiger partial charge in [0.25, 0.3) is 0 Å². The highest BCUT2D eigenvalue weighted by Crippen LogP contribution is 2.34. The zero-order valence-electron chi connectivity index (χ0n) is 19.0. The van der Waals surface area contributed by atoms with Gasteiger partial charge in [-0.05, 0) is 53.8 Å². The zero-order valence-corrected chi connectivity index (χ0v) is 19.0. The number of benzene rings is 3. The Morgan fingerprint density at radius 3 is 2.58 bits per heavy atom. The Labute approximate surface area is 193 Å². The molecular weight excluding hydrogens is 412 g/mol. The van der Waals surface area contributed by atoms with E-state index in [1.54, 1.807) is 0 Å². The first-order chi connectivity index (χ1) is 16.1. The minimum atomic E-state index is -0.143. The van der Waals surface area contributed by atoms with Gasteiger partial charge in [0, 0.05) is 32.9 Å². The van der Waals surface area contributed by atoms with E-state index >= 15 is 0 Å². The molecule has 2 heterocycles. The van der Waals surface area contributed by atoms with Gasteiger partial charge in [0.15, 0.2) is 5.58 Å². The van der Waals surface area contributed by atoms with Gasteiger partial charge in [-0.15, -0.1) is 0 Å². The van der Waals surface area contributed by atoms with E-state index in [4.69, 9.17) is 9.40 Å². The fourth-order valence-corrected chi connectivity index (χ4v) is 4.36. The summed E-state index contributed by atoms with van der Waals surface area (Å²) in [5.74, 6) is 0.609. The largest absolute Gasteiger partial charge is 0.438 e. The van der Waals surface area contributed by atoms with E-state index in [0.29, 0.717) is 19.0 Å². The van der Waals surface area contributed by atoms with Crippen molar-refractivity contribution in [2.45, 2.75) is 25.4 Å². The van der Waals surface area contributed by atoms with Crippen LogP contribution in [0.5, 0.6) is 0 Å². The molecule has 1 fully saturated rings. The summed E-state index contributed by atoms with van der Waals surface area (Å²) in [7, 11) is 4.07. The SMILES string of the molecule is CN(C)c1ccc(-c2ccc3oc([C@@H]4CCCN4C(=O)NCc4ccccc4)nc3c2)cc1. The van der Waals surface area contributed by atoms with E-state index < -0.39 is 0 Å². The summed E-state index contributed by atoms with van der Waals surface area (Å²) in [5, 5.41) is 3.03. The van der Waals surface area contributed by atoms with E-state index in [1.165, 1.54) is 0 Å². The summed E-state index contributed by atoms with van der Waals surface area (Å²) in [5.41, 5.74) is 6.03. The number of oxazole rings is 1. The number of likely N-dealkylation sites (tertiary alicyclic amines) is 1. The van der Waals surface area contributed by atoms with Gasteiger partial charge in [-0.25, -0.2) is 9.78 Å². The summed E-state index contributed by atoms with van der Waals surface area (Å²) >= 11 is 0. The van der Waals surface area contributed by atoms with Crippen LogP contribution in [0.3, 0.4) is 0 Å². The van der Waals surface area contributed by atoms with E-state index in [9.17, 15) is 4.79 Å². The maximum atomic E-state index is 12.9. The highest BCUT2D eigenvalue weighted by Gasteiger charge is 2.33. The van der Waals surface area contributed by atoms with Crippen LogP contribution < -0.4 is 10.2 Å². The summed E-state index contributed by atoms with van der Waals surface area (Å²) in [6.07, 6.45) is 1.79. The van der Waals surface area contributed by atoms with Gasteiger partial charge >= 0.3 is 6.03 Å². The predicted octanol–water partition coefficient (Wildman–Crippen LogP) is 5.61. The van der Waals surface area contributed by atoms with Crippen LogP contribution >= 0.6 is 0 Å². The lowest BCUT2D eigenvalue weighted by Crippen LogP contribution is -2.39. The van der Waals surface area contributed by atoms with Crippen molar-refractivity contribution in [2.24, 2.45) is 0 Å². The fourth-order valence-electron chi connectivity index (χ4n) is 4.36. The van der Waals surface area contributed by atoms with Crippen LogP contribution in [0.25, 0.3) is 22.2 Å². The Hall–Kier alpha value is -3.80. The second kappa shape index (κ2) is 8.98. The maximum absolute atomic E-state index is 12.9. The second-order valence-corrected chi connectivity index (χ2v) is 8.67. The van der Waals surface area contributed by atoms with Gasteiger partial charge in [0.05, 0.1) is 0 Å². The quantitative estimate of drug-likeness (QED) is 0.438. The summed E-state index contributed by atoms with van der Waals surface area (Å²) < 4.78 is 6.10. The molecule has 5 rings (SSSR count). The molecule has 6 nitrogen and oxygen atoms in total. The number of urea groups is 1. The average molecular weight is 441 g/mol. The average Bonchev–Trinajstić information content (AvgIpc) is 3.50. The second-order valence-electron chi connectivity index (χ2n) is 8.67. The molecule has 0 radical (unpaired) electrons. The highest BCUT2D eigenvalue weighted by molar-refractivity contribution is 5.81. The smallest absolute Gasteiger partial charge is 0.318 e. The molecule has 1 aliphatic heterocycles. The number of carbonyl (C=O) groups is 1. The monoisotopic (exact) mass is 440 g/mol. The molecule has 33 heavy (non-hydrogen) atoms. The fraction of sp³-hybridized carbons (Fsp3) is 0.259. The Balaban J connectivity index is 1.34. The van der Waals surface area contributed by atoms with Crippen molar-refractivity contribution >= 4 is 22.8 Å². The Morgan fingerprint density at radius 2 is 1.82 bits per heavy atom. The van der Waals surface area contributed by atoms with Gasteiger partial charge in [0.2, 0.25) is 5.89 Å². The molecule has 168 valence electrons. The van der Waals surface area contributed by atoms with Gasteiger partial charge in [0.1, 0.15) is 11.6 Å². The number of rotatable bonds is 5. The standard InChI is InChI=1S/C27H28N4O2/c1-30(2)22-13-10-20(11-14-22)21-12-15-25-23(17-21)29-26(33-25)24-9-6-16-31(24)27(32)28-18-19-7-4-3-5-8-19/h3-5,7-8,10-15,17,24H,6,9,16,18H2,1-2H3,(H,28,32)/t24-/m0/s1. The molecule has 0 saturated carbocycles. The van der Waals surface area contributed by atoms with Crippen LogP contribution in [-0.4, -0.2) is 36.6 Å². The van der Waals surface area contributed by atoms with E-state index in [0.717, 1.165) is 46.3 Å². The first-order valence-electron chi connectivity index (χ1n) is 11.3. The molecule has 1 aliphatic rings. The van der Waals surface area contributed by atoms with Crippen molar-refractivity contribution < 1.29 is 9.21 Å². The minimum Gasteiger partial charge on any atom is -0.438 e. The van der Waals surface area contributed by atoms with Crippen LogP contribution in [0.2, 0.25) is 0 Å². The van der Waals surface area contributed by atoms with Crippen LogP contribution in [-0.2, 0) is 6.54 Å². The Kier molecular flexibility index (Phi) is 5.73. The van der Waals surface area contributed by atoms with Crippen LogP contribution in [0.4, 0.5) is 10.5 Å². The number of anilines is 1. The lowest BCUT2D eigenvalue weighted by atomic mass is 10.0. The van der Waals surface area contributed by atoms with Crippen molar-refractivity contribution in [1.82, 2.24) is 15.2 Å². The normalized spacial score (nSPS) is 15.7. The molecule has 1 aromatic heterocycles. The number of amides is 2. The predicted molar refractivity (Wildman–Crippen MR) is 131 cm³/mol. The number of aromatic nitrogens is 1. The molecule has 1 saturated heterocycles. The number of fused-ring (bicyclic) bond motifs is 1. The number of carbonyl (C=O) groups excluding carboxylic acids is 1. The topological polar surface area (TPSA) is 61.6 Å². The Bertz CT molecular complexity index is 1250. The molecule has 1 atom stereocenters. The first kappa shape index (κ1) is 21.1. The summed E-state index contributed by atoms with van der Waals surface area (Å²) in [4.78, 5) is 21.6. The van der Waals surface area contributed by atoms with Gasteiger partial charge in [-0.1, -0.05) is 48.5 Å². The van der Waals surface area contributed by atoms with Crippen LogP contribution in [0.1, 0.15) is 30.3 Å². The molecular formula is C27H28N4O2. The minimum absolute atomic E-state index is 0.0784. The zero-order chi connectivity index (χ0) is 22.8. The number of nitrogens with one attached hydrogen (secondary N) is 1. The van der Waals surface area contributed by atoms with Crippen molar-refractivity contribution in [3.8, 4) is 11.1 Å². The van der Waals surface area contributed by atoms with Crippen molar-refractivity contribution in [2.75, 3.05) is 25.5 Å². The van der Waals surface area contributed by atoms with Gasteiger partial charge in [-0.2, -0.15) is 0 Å². The molecule has 1 N–H and O–H groups in total. The van der Waals surface area contributed by atoms with Crippen LogP contribution in [0.15, 0.2) is 77.2 Å². The summed E-state index contributed by atoms with van der Waals surface area (Å²) in [6, 6.07) is 24.3. The maximum Gasteiger partial charge on any atom is 0.318 e. The molecule has 0 spiro atoms. The number of nitrogens with zero attached hydrogens (tertiary/aromatic N) is 3.